The van der Waals surface area contributed by atoms with Crippen LogP contribution in [-0.2, 0) is 32.7 Å². The standard InChI is InChI=1S/C42H78NO9P/c1-6-8-10-12-14-16-18-19-21-22-24-26-28-31-39(44)32-30-34-41(45)49-37-40(38-51-53(47,48)50-36-35-43(3,4)5)52-42(46)33-29-27-25-23-20-17-15-13-11-9-7-2/h19,21,24,26,28,31,39-40,44H,6-18,20,22-23,25,27,29-30,32-38H2,1-5H3/b21-19+,26-24+,31-28+/t39?,40-/m1/s1. The minimum absolute atomic E-state index is 0.0542. The lowest BCUT2D eigenvalue weighted by Gasteiger charge is -2.28. The number of phosphoric acid groups is 1. The summed E-state index contributed by atoms with van der Waals surface area (Å²) in [6, 6.07) is 0. The normalized spacial score (nSPS) is 14.6. The first-order valence-electron chi connectivity index (χ1n) is 20.8. The van der Waals surface area contributed by atoms with Crippen LogP contribution in [0.4, 0.5) is 0 Å². The maximum absolute atomic E-state index is 12.6. The van der Waals surface area contributed by atoms with Gasteiger partial charge in [0.1, 0.15) is 19.8 Å². The third-order valence-corrected chi connectivity index (χ3v) is 9.73. The predicted octanol–water partition coefficient (Wildman–Crippen LogP) is 9.69. The average Bonchev–Trinajstić information content (AvgIpc) is 3.09. The summed E-state index contributed by atoms with van der Waals surface area (Å²) in [4.78, 5) is 37.4. The summed E-state index contributed by atoms with van der Waals surface area (Å²) in [5, 5.41) is 10.3. The molecular formula is C42H78NO9P. The van der Waals surface area contributed by atoms with Crippen molar-refractivity contribution in [1.82, 2.24) is 0 Å². The minimum atomic E-state index is -4.66. The highest BCUT2D eigenvalue weighted by molar-refractivity contribution is 7.45. The fourth-order valence-electron chi connectivity index (χ4n) is 5.43. The van der Waals surface area contributed by atoms with Gasteiger partial charge < -0.3 is 33.0 Å². The van der Waals surface area contributed by atoms with E-state index in [1.807, 2.05) is 33.3 Å². The van der Waals surface area contributed by atoms with Gasteiger partial charge in [-0.3, -0.25) is 14.2 Å². The molecule has 3 atom stereocenters. The summed E-state index contributed by atoms with van der Waals surface area (Å²) in [6.07, 6.45) is 33.5. The molecule has 0 saturated heterocycles. The summed E-state index contributed by atoms with van der Waals surface area (Å²) in [7, 11) is 1.07. The number of allylic oxidation sites excluding steroid dienone is 5. The molecule has 0 fully saturated rings. The van der Waals surface area contributed by atoms with Crippen LogP contribution in [0, 0.1) is 0 Å². The Bertz CT molecular complexity index is 1020. The van der Waals surface area contributed by atoms with E-state index in [1.54, 1.807) is 12.2 Å². The molecule has 1 N–H and O–H groups in total. The number of aliphatic hydroxyl groups excluding tert-OH is 1. The smallest absolute Gasteiger partial charge is 0.306 e. The fourth-order valence-corrected chi connectivity index (χ4v) is 6.16. The minimum Gasteiger partial charge on any atom is -0.756 e. The van der Waals surface area contributed by atoms with Crippen molar-refractivity contribution in [1.29, 1.82) is 0 Å². The number of nitrogens with zero attached hydrogens (tertiary/aromatic N) is 1. The molecule has 0 radical (unpaired) electrons. The van der Waals surface area contributed by atoms with E-state index in [4.69, 9.17) is 18.5 Å². The highest BCUT2D eigenvalue weighted by Gasteiger charge is 2.21. The molecule has 0 spiro atoms. The van der Waals surface area contributed by atoms with Crippen molar-refractivity contribution < 1.29 is 47.2 Å². The largest absolute Gasteiger partial charge is 0.756 e. The lowest BCUT2D eigenvalue weighted by molar-refractivity contribution is -0.870. The van der Waals surface area contributed by atoms with Crippen molar-refractivity contribution >= 4 is 19.8 Å². The van der Waals surface area contributed by atoms with Gasteiger partial charge in [0.2, 0.25) is 0 Å². The molecule has 0 aromatic carbocycles. The zero-order valence-electron chi connectivity index (χ0n) is 34.3. The van der Waals surface area contributed by atoms with Crippen LogP contribution in [0.25, 0.3) is 0 Å². The summed E-state index contributed by atoms with van der Waals surface area (Å²) in [5.74, 6) is -1.03. The molecule has 0 saturated carbocycles. The number of phosphoric ester groups is 1. The predicted molar refractivity (Wildman–Crippen MR) is 214 cm³/mol. The second-order valence-corrected chi connectivity index (χ2v) is 16.6. The maximum atomic E-state index is 12.6. The fraction of sp³-hybridized carbons (Fsp3) is 0.810. The SMILES string of the molecule is CCCCCCCC/C=C/C/C=C/C=C/C(O)CCCC(=O)OC[C@H](COP(=O)([O-])OCC[N+](C)(C)C)OC(=O)CCCCCCCCCCCCC. The summed E-state index contributed by atoms with van der Waals surface area (Å²) in [5.41, 5.74) is 0. The zero-order valence-corrected chi connectivity index (χ0v) is 35.2. The van der Waals surface area contributed by atoms with Gasteiger partial charge in [0.05, 0.1) is 33.9 Å². The Hall–Kier alpha value is -1.81. The third kappa shape index (κ3) is 38.3. The van der Waals surface area contributed by atoms with Crippen LogP contribution in [0.5, 0.6) is 0 Å². The van der Waals surface area contributed by atoms with Crippen molar-refractivity contribution in [2.75, 3.05) is 47.5 Å². The molecule has 0 aromatic heterocycles. The number of rotatable bonds is 37. The molecule has 0 rings (SSSR count). The van der Waals surface area contributed by atoms with Gasteiger partial charge in [0.25, 0.3) is 7.82 Å². The zero-order chi connectivity index (χ0) is 39.5. The lowest BCUT2D eigenvalue weighted by atomic mass is 10.1. The quantitative estimate of drug-likeness (QED) is 0.0164. The highest BCUT2D eigenvalue weighted by atomic mass is 31.2. The molecular weight excluding hydrogens is 693 g/mol. The van der Waals surface area contributed by atoms with Crippen molar-refractivity contribution in [3.63, 3.8) is 0 Å². The number of hydrogen-bond acceptors (Lipinski definition) is 9. The first kappa shape index (κ1) is 51.2. The molecule has 0 aliphatic rings. The molecule has 0 bridgehead atoms. The number of hydrogen-bond donors (Lipinski definition) is 1. The Morgan fingerprint density at radius 2 is 1.26 bits per heavy atom. The van der Waals surface area contributed by atoms with Crippen molar-refractivity contribution in [2.45, 2.75) is 174 Å². The molecule has 0 aromatic rings. The van der Waals surface area contributed by atoms with E-state index in [9.17, 15) is 24.2 Å². The Balaban J connectivity index is 4.56. The Kier molecular flexibility index (Phi) is 33.5. The summed E-state index contributed by atoms with van der Waals surface area (Å²) in [6.45, 7) is 3.98. The van der Waals surface area contributed by atoms with Crippen LogP contribution in [0.2, 0.25) is 0 Å². The van der Waals surface area contributed by atoms with E-state index in [0.717, 1.165) is 32.1 Å². The molecule has 0 aliphatic carbocycles. The van der Waals surface area contributed by atoms with Crippen LogP contribution >= 0.6 is 7.82 Å². The molecule has 0 heterocycles. The van der Waals surface area contributed by atoms with Gasteiger partial charge >= 0.3 is 11.9 Å². The van der Waals surface area contributed by atoms with E-state index < -0.39 is 38.6 Å². The lowest BCUT2D eigenvalue weighted by Crippen LogP contribution is -2.37. The van der Waals surface area contributed by atoms with Crippen molar-refractivity contribution in [2.24, 2.45) is 0 Å². The summed E-state index contributed by atoms with van der Waals surface area (Å²) >= 11 is 0. The second-order valence-electron chi connectivity index (χ2n) is 15.2. The van der Waals surface area contributed by atoms with Crippen LogP contribution in [0.1, 0.15) is 162 Å². The monoisotopic (exact) mass is 772 g/mol. The van der Waals surface area contributed by atoms with Crippen LogP contribution < -0.4 is 4.89 Å². The third-order valence-electron chi connectivity index (χ3n) is 8.77. The molecule has 10 nitrogen and oxygen atoms in total. The Morgan fingerprint density at radius 3 is 1.87 bits per heavy atom. The molecule has 53 heavy (non-hydrogen) atoms. The number of aliphatic hydroxyl groups is 1. The van der Waals surface area contributed by atoms with E-state index in [1.165, 1.54) is 83.5 Å². The average molecular weight is 772 g/mol. The van der Waals surface area contributed by atoms with Crippen LogP contribution in [0.3, 0.4) is 0 Å². The number of carbonyl (C=O) groups is 2. The van der Waals surface area contributed by atoms with E-state index >= 15 is 0 Å². The molecule has 0 aliphatic heterocycles. The van der Waals surface area contributed by atoms with Gasteiger partial charge in [0.15, 0.2) is 6.10 Å². The van der Waals surface area contributed by atoms with E-state index in [-0.39, 0.29) is 26.1 Å². The topological polar surface area (TPSA) is 131 Å². The number of esters is 2. The van der Waals surface area contributed by atoms with Crippen molar-refractivity contribution in [3.8, 4) is 0 Å². The van der Waals surface area contributed by atoms with Gasteiger partial charge in [-0.15, -0.1) is 0 Å². The second kappa shape index (κ2) is 34.7. The van der Waals surface area contributed by atoms with Crippen LogP contribution in [0.15, 0.2) is 36.5 Å². The number of likely N-dealkylation sites (N-methyl/N-ethyl adjacent to an activating group) is 1. The number of ether oxygens (including phenoxy) is 2. The van der Waals surface area contributed by atoms with Crippen LogP contribution in [-0.4, -0.2) is 81.2 Å². The van der Waals surface area contributed by atoms with Gasteiger partial charge in [0, 0.05) is 12.8 Å². The van der Waals surface area contributed by atoms with Gasteiger partial charge in [-0.25, -0.2) is 0 Å². The molecule has 310 valence electrons. The summed E-state index contributed by atoms with van der Waals surface area (Å²) < 4.78 is 33.6. The highest BCUT2D eigenvalue weighted by Crippen LogP contribution is 2.38. The Morgan fingerprint density at radius 1 is 0.698 bits per heavy atom. The van der Waals surface area contributed by atoms with Gasteiger partial charge in [-0.1, -0.05) is 147 Å². The first-order valence-corrected chi connectivity index (χ1v) is 22.3. The van der Waals surface area contributed by atoms with Gasteiger partial charge in [-0.05, 0) is 38.5 Å². The van der Waals surface area contributed by atoms with Gasteiger partial charge in [-0.2, -0.15) is 0 Å². The number of unbranched alkanes of at least 4 members (excludes halogenated alkanes) is 16. The first-order chi connectivity index (χ1) is 25.4. The van der Waals surface area contributed by atoms with E-state index in [2.05, 4.69) is 26.0 Å². The van der Waals surface area contributed by atoms with E-state index in [0.29, 0.717) is 30.3 Å². The molecule has 11 heteroatoms. The molecule has 2 unspecified atom stereocenters. The van der Waals surface area contributed by atoms with Crippen molar-refractivity contribution in [3.05, 3.63) is 36.5 Å². The Labute approximate surface area is 324 Å². The number of quaternary nitrogens is 1. The maximum Gasteiger partial charge on any atom is 0.306 e. The number of carbonyl (C=O) groups excluding carboxylic acids is 2. The molecule has 0 amide bonds.